The van der Waals surface area contributed by atoms with Crippen LogP contribution in [0.15, 0.2) is 0 Å². The van der Waals surface area contributed by atoms with Gasteiger partial charge in [0.1, 0.15) is 6.04 Å². The molecule has 3 rings (SSSR count). The van der Waals surface area contributed by atoms with E-state index in [1.807, 2.05) is 0 Å². The van der Waals surface area contributed by atoms with Crippen molar-refractivity contribution in [3.8, 4) is 0 Å². The largest absolute Gasteiger partial charge is 0.480 e. The van der Waals surface area contributed by atoms with Crippen LogP contribution in [0.25, 0.3) is 0 Å². The Kier molecular flexibility index (Phi) is 2.42. The van der Waals surface area contributed by atoms with Gasteiger partial charge in [-0.3, -0.25) is 4.79 Å². The van der Waals surface area contributed by atoms with E-state index in [4.69, 9.17) is 5.11 Å². The van der Waals surface area contributed by atoms with Gasteiger partial charge in [-0.2, -0.15) is 0 Å². The molecule has 4 heteroatoms. The lowest BCUT2D eigenvalue weighted by molar-refractivity contribution is -0.151. The predicted octanol–water partition coefficient (Wildman–Crippen LogP) is 1.50. The molecule has 4 nitrogen and oxygen atoms in total. The minimum absolute atomic E-state index is 0.122. The molecular weight excluding hydrogens is 218 g/mol. The quantitative estimate of drug-likeness (QED) is 0.806. The maximum absolute atomic E-state index is 12.4. The molecular formula is C13H19NO3. The molecule has 17 heavy (non-hydrogen) atoms. The molecule has 3 fully saturated rings. The molecule has 3 unspecified atom stereocenters. The highest BCUT2D eigenvalue weighted by atomic mass is 16.4. The van der Waals surface area contributed by atoms with Crippen molar-refractivity contribution in [2.24, 2.45) is 17.8 Å². The van der Waals surface area contributed by atoms with E-state index in [2.05, 4.69) is 0 Å². The standard InChI is InChI=1S/C13H19NO3/c1-7(13(16)17)14(8-5-6-8)12(15)11-9-3-2-4-10(9)11/h7-11H,2-6H2,1H3,(H,16,17). The Balaban J connectivity index is 1.71. The average molecular weight is 237 g/mol. The van der Waals surface area contributed by atoms with E-state index in [-0.39, 0.29) is 17.9 Å². The third-order valence-corrected chi connectivity index (χ3v) is 4.66. The number of fused-ring (bicyclic) bond motifs is 1. The van der Waals surface area contributed by atoms with Crippen molar-refractivity contribution in [2.75, 3.05) is 0 Å². The third kappa shape index (κ3) is 1.74. The Morgan fingerprint density at radius 3 is 2.24 bits per heavy atom. The Morgan fingerprint density at radius 1 is 1.18 bits per heavy atom. The Labute approximate surface area is 101 Å². The smallest absolute Gasteiger partial charge is 0.326 e. The molecule has 0 aromatic rings. The second kappa shape index (κ2) is 3.72. The molecule has 0 aliphatic heterocycles. The summed E-state index contributed by atoms with van der Waals surface area (Å²) in [5, 5.41) is 9.09. The summed E-state index contributed by atoms with van der Waals surface area (Å²) in [6, 6.07) is -0.453. The summed E-state index contributed by atoms with van der Waals surface area (Å²) in [6.07, 6.45) is 5.54. The Morgan fingerprint density at radius 2 is 1.76 bits per heavy atom. The number of hydrogen-bond acceptors (Lipinski definition) is 2. The van der Waals surface area contributed by atoms with Crippen molar-refractivity contribution in [3.63, 3.8) is 0 Å². The molecule has 0 bridgehead atoms. The van der Waals surface area contributed by atoms with E-state index in [0.717, 1.165) is 12.8 Å². The highest BCUT2D eigenvalue weighted by Gasteiger charge is 2.59. The summed E-state index contributed by atoms with van der Waals surface area (Å²) in [5.41, 5.74) is 0. The number of carbonyl (C=O) groups is 2. The van der Waals surface area contributed by atoms with Gasteiger partial charge in [0.2, 0.25) is 5.91 Å². The first-order chi connectivity index (χ1) is 8.11. The molecule has 0 radical (unpaired) electrons. The monoisotopic (exact) mass is 237 g/mol. The zero-order chi connectivity index (χ0) is 12.2. The topological polar surface area (TPSA) is 57.6 Å². The maximum atomic E-state index is 12.4. The number of carboxylic acid groups (broad SMARTS) is 1. The molecule has 1 N–H and O–H groups in total. The van der Waals surface area contributed by atoms with Crippen molar-refractivity contribution in [2.45, 2.75) is 51.1 Å². The summed E-state index contributed by atoms with van der Waals surface area (Å²) >= 11 is 0. The molecule has 0 heterocycles. The van der Waals surface area contributed by atoms with Crippen molar-refractivity contribution in [1.82, 2.24) is 4.90 Å². The molecule has 0 spiro atoms. The molecule has 3 atom stereocenters. The second-order valence-electron chi connectivity index (χ2n) is 5.78. The first-order valence-electron chi connectivity index (χ1n) is 6.66. The zero-order valence-electron chi connectivity index (χ0n) is 10.1. The van der Waals surface area contributed by atoms with Crippen LogP contribution in [0.5, 0.6) is 0 Å². The number of amides is 1. The second-order valence-corrected chi connectivity index (χ2v) is 5.78. The average Bonchev–Trinajstić information content (AvgIpc) is 3.19. The van der Waals surface area contributed by atoms with Crippen molar-refractivity contribution < 1.29 is 14.7 Å². The molecule has 3 aliphatic rings. The van der Waals surface area contributed by atoms with Crippen molar-refractivity contribution in [1.29, 1.82) is 0 Å². The Bertz CT molecular complexity index is 354. The number of rotatable bonds is 4. The lowest BCUT2D eigenvalue weighted by Gasteiger charge is -2.27. The van der Waals surface area contributed by atoms with E-state index in [0.29, 0.717) is 11.8 Å². The first-order valence-corrected chi connectivity index (χ1v) is 6.66. The minimum Gasteiger partial charge on any atom is -0.480 e. The molecule has 3 saturated carbocycles. The lowest BCUT2D eigenvalue weighted by atomic mass is 10.1. The molecule has 0 saturated heterocycles. The van der Waals surface area contributed by atoms with Gasteiger partial charge in [-0.15, -0.1) is 0 Å². The van der Waals surface area contributed by atoms with Crippen LogP contribution in [0.3, 0.4) is 0 Å². The van der Waals surface area contributed by atoms with Crippen LogP contribution in [-0.2, 0) is 9.59 Å². The molecule has 3 aliphatic carbocycles. The SMILES string of the molecule is CC(C(=O)O)N(C(=O)C1C2CCCC21)C1CC1. The van der Waals surface area contributed by atoms with Crippen LogP contribution in [-0.4, -0.2) is 34.0 Å². The summed E-state index contributed by atoms with van der Waals surface area (Å²) in [5.74, 6) is 0.550. The normalized spacial score (nSPS) is 36.2. The first kappa shape index (κ1) is 11.1. The molecule has 94 valence electrons. The van der Waals surface area contributed by atoms with Crippen LogP contribution in [0.2, 0.25) is 0 Å². The van der Waals surface area contributed by atoms with Crippen LogP contribution in [0.1, 0.15) is 39.0 Å². The summed E-state index contributed by atoms with van der Waals surface area (Å²) in [6.45, 7) is 1.64. The molecule has 0 aromatic carbocycles. The van der Waals surface area contributed by atoms with Gasteiger partial charge < -0.3 is 10.0 Å². The number of nitrogens with zero attached hydrogens (tertiary/aromatic N) is 1. The number of hydrogen-bond donors (Lipinski definition) is 1. The highest BCUT2D eigenvalue weighted by molar-refractivity contribution is 5.87. The molecule has 1 amide bonds. The summed E-state index contributed by atoms with van der Waals surface area (Å²) in [4.78, 5) is 25.1. The lowest BCUT2D eigenvalue weighted by Crippen LogP contribution is -2.46. The van der Waals surface area contributed by atoms with E-state index in [1.165, 1.54) is 19.3 Å². The van der Waals surface area contributed by atoms with E-state index >= 15 is 0 Å². The van der Waals surface area contributed by atoms with Crippen molar-refractivity contribution in [3.05, 3.63) is 0 Å². The van der Waals surface area contributed by atoms with Crippen LogP contribution >= 0.6 is 0 Å². The van der Waals surface area contributed by atoms with Crippen LogP contribution in [0.4, 0.5) is 0 Å². The third-order valence-electron chi connectivity index (χ3n) is 4.66. The number of aliphatic carboxylic acids is 1. The fraction of sp³-hybridized carbons (Fsp3) is 0.846. The predicted molar refractivity (Wildman–Crippen MR) is 61.3 cm³/mol. The highest BCUT2D eigenvalue weighted by Crippen LogP contribution is 2.58. The van der Waals surface area contributed by atoms with Gasteiger partial charge in [0, 0.05) is 12.0 Å². The fourth-order valence-corrected chi connectivity index (χ4v) is 3.52. The van der Waals surface area contributed by atoms with Gasteiger partial charge in [-0.25, -0.2) is 4.79 Å². The molecule has 0 aromatic heterocycles. The van der Waals surface area contributed by atoms with Gasteiger partial charge in [-0.1, -0.05) is 6.42 Å². The summed E-state index contributed by atoms with van der Waals surface area (Å²) < 4.78 is 0. The fourth-order valence-electron chi connectivity index (χ4n) is 3.52. The van der Waals surface area contributed by atoms with Gasteiger partial charge in [0.25, 0.3) is 0 Å². The van der Waals surface area contributed by atoms with Crippen molar-refractivity contribution >= 4 is 11.9 Å². The van der Waals surface area contributed by atoms with Crippen LogP contribution < -0.4 is 0 Å². The van der Waals surface area contributed by atoms with Gasteiger partial charge in [0.15, 0.2) is 0 Å². The van der Waals surface area contributed by atoms with Gasteiger partial charge in [-0.05, 0) is 44.4 Å². The van der Waals surface area contributed by atoms with Crippen LogP contribution in [0, 0.1) is 17.8 Å². The van der Waals surface area contributed by atoms with Gasteiger partial charge in [0.05, 0.1) is 0 Å². The van der Waals surface area contributed by atoms with E-state index in [1.54, 1.807) is 11.8 Å². The zero-order valence-corrected chi connectivity index (χ0v) is 10.1. The minimum atomic E-state index is -0.879. The van der Waals surface area contributed by atoms with E-state index in [9.17, 15) is 9.59 Å². The van der Waals surface area contributed by atoms with E-state index < -0.39 is 12.0 Å². The maximum Gasteiger partial charge on any atom is 0.326 e. The van der Waals surface area contributed by atoms with Gasteiger partial charge >= 0.3 is 5.97 Å². The summed E-state index contributed by atoms with van der Waals surface area (Å²) in [7, 11) is 0. The number of carboxylic acids is 1. The number of carbonyl (C=O) groups excluding carboxylic acids is 1. The Hall–Kier alpha value is -1.06.